The molecule has 172 valence electrons. The van der Waals surface area contributed by atoms with Crippen molar-refractivity contribution in [1.29, 1.82) is 0 Å². The molecule has 5 N–H and O–H groups in total. The number of carbonyl (C=O) groups is 2. The van der Waals surface area contributed by atoms with E-state index in [1.165, 1.54) is 19.1 Å². The Morgan fingerprint density at radius 1 is 1.28 bits per heavy atom. The summed E-state index contributed by atoms with van der Waals surface area (Å²) < 4.78 is 44.3. The molecule has 0 aliphatic heterocycles. The number of carbonyl (C=O) groups excluding carboxylic acids is 2. The number of oxime groups is 1. The van der Waals surface area contributed by atoms with Gasteiger partial charge < -0.3 is 21.0 Å². The second-order valence-corrected chi connectivity index (χ2v) is 7.40. The summed E-state index contributed by atoms with van der Waals surface area (Å²) in [6.45, 7) is 0.609. The summed E-state index contributed by atoms with van der Waals surface area (Å²) in [6.07, 6.45) is -0.406. The molecule has 13 heteroatoms. The van der Waals surface area contributed by atoms with E-state index in [0.29, 0.717) is 3.57 Å². The topological polar surface area (TPSA) is 135 Å². The van der Waals surface area contributed by atoms with Crippen molar-refractivity contribution in [3.05, 3.63) is 56.4 Å². The first-order valence-corrected chi connectivity index (χ1v) is 9.99. The molecule has 0 bridgehead atoms. The average molecular weight is 566 g/mol. The largest absolute Gasteiger partial charge is 0.394 e. The van der Waals surface area contributed by atoms with Crippen LogP contribution in [0, 0.1) is 21.0 Å². The average Bonchev–Trinajstić information content (AvgIpc) is 2.74. The van der Waals surface area contributed by atoms with Gasteiger partial charge in [0.05, 0.1) is 36.4 Å². The summed E-state index contributed by atoms with van der Waals surface area (Å²) in [5, 5.41) is 14.5. The van der Waals surface area contributed by atoms with Crippen molar-refractivity contribution in [1.82, 2.24) is 5.48 Å². The van der Waals surface area contributed by atoms with E-state index in [4.69, 9.17) is 20.5 Å². The second-order valence-electron chi connectivity index (χ2n) is 6.15. The molecule has 32 heavy (non-hydrogen) atoms. The molecule has 0 aromatic heterocycles. The Bertz CT molecular complexity index is 1040. The molecule has 1 unspecified atom stereocenters. The Labute approximate surface area is 193 Å². The van der Waals surface area contributed by atoms with Crippen LogP contribution in [0.1, 0.15) is 22.8 Å². The quantitative estimate of drug-likeness (QED) is 0.151. The number of hydrogen-bond donors (Lipinski definition) is 4. The van der Waals surface area contributed by atoms with Gasteiger partial charge in [0.1, 0.15) is 5.82 Å². The van der Waals surface area contributed by atoms with E-state index in [9.17, 15) is 22.8 Å². The molecule has 1 atom stereocenters. The lowest BCUT2D eigenvalue weighted by molar-refractivity contribution is -0.128. The fraction of sp³-hybridized carbons (Fsp3) is 0.211. The molecule has 0 saturated carbocycles. The third-order valence-electron chi connectivity index (χ3n) is 3.84. The maximum Gasteiger partial charge on any atom is 0.277 e. The number of rotatable bonds is 10. The van der Waals surface area contributed by atoms with Crippen LogP contribution < -0.4 is 16.5 Å². The highest BCUT2D eigenvalue weighted by Crippen LogP contribution is 2.30. The Balaban J connectivity index is 2.48. The third kappa shape index (κ3) is 6.54. The van der Waals surface area contributed by atoms with Crippen molar-refractivity contribution in [2.24, 2.45) is 10.9 Å². The van der Waals surface area contributed by atoms with Gasteiger partial charge in [0.15, 0.2) is 11.6 Å². The summed E-state index contributed by atoms with van der Waals surface area (Å²) in [5.41, 5.74) is 5.10. The molecular weight excluding hydrogens is 548 g/mol. The molecule has 0 fully saturated rings. The SMILES string of the molecule is CC(O/N=C\c1cc(C(=O)NOCCO)c(Nc2ccc(I)cc2F)c(F)c1F)C(N)=O. The van der Waals surface area contributed by atoms with Crippen molar-refractivity contribution >= 4 is 52.0 Å². The van der Waals surface area contributed by atoms with Crippen LogP contribution in [0.2, 0.25) is 0 Å². The molecule has 0 spiro atoms. The van der Waals surface area contributed by atoms with Gasteiger partial charge in [0.2, 0.25) is 6.10 Å². The Hall–Kier alpha value is -2.91. The summed E-state index contributed by atoms with van der Waals surface area (Å²) >= 11 is 1.87. The van der Waals surface area contributed by atoms with Crippen LogP contribution in [0.4, 0.5) is 24.5 Å². The number of nitrogens with zero attached hydrogens (tertiary/aromatic N) is 1. The van der Waals surface area contributed by atoms with E-state index in [1.807, 2.05) is 28.1 Å². The van der Waals surface area contributed by atoms with Crippen LogP contribution in [0.3, 0.4) is 0 Å². The lowest BCUT2D eigenvalue weighted by Gasteiger charge is -2.15. The molecule has 2 aromatic rings. The monoisotopic (exact) mass is 566 g/mol. The number of aliphatic hydroxyl groups is 1. The Kier molecular flexibility index (Phi) is 9.22. The molecule has 0 saturated heterocycles. The van der Waals surface area contributed by atoms with Crippen LogP contribution in [-0.2, 0) is 14.5 Å². The van der Waals surface area contributed by atoms with Gasteiger partial charge in [-0.25, -0.2) is 18.7 Å². The number of aliphatic hydroxyl groups excluding tert-OH is 1. The van der Waals surface area contributed by atoms with Crippen molar-refractivity contribution in [2.45, 2.75) is 13.0 Å². The minimum atomic E-state index is -1.51. The van der Waals surface area contributed by atoms with Gasteiger partial charge in [-0.15, -0.1) is 0 Å². The van der Waals surface area contributed by atoms with E-state index in [2.05, 4.69) is 10.5 Å². The molecule has 2 aromatic carbocycles. The summed E-state index contributed by atoms with van der Waals surface area (Å²) in [4.78, 5) is 32.9. The normalized spacial score (nSPS) is 11.9. The van der Waals surface area contributed by atoms with Crippen LogP contribution in [-0.4, -0.2) is 42.5 Å². The lowest BCUT2D eigenvalue weighted by Crippen LogP contribution is -2.27. The zero-order valence-corrected chi connectivity index (χ0v) is 18.7. The zero-order chi connectivity index (χ0) is 23.8. The van der Waals surface area contributed by atoms with Crippen LogP contribution >= 0.6 is 22.6 Å². The molecular formula is C19H18F3IN4O5. The number of hydroxylamine groups is 1. The number of hydrogen-bond acceptors (Lipinski definition) is 7. The maximum atomic E-state index is 14.9. The number of nitrogens with two attached hydrogens (primary N) is 1. The van der Waals surface area contributed by atoms with Crippen molar-refractivity contribution in [3.63, 3.8) is 0 Å². The fourth-order valence-corrected chi connectivity index (χ4v) is 2.67. The highest BCUT2D eigenvalue weighted by atomic mass is 127. The van der Waals surface area contributed by atoms with E-state index in [0.717, 1.165) is 18.3 Å². The molecule has 0 aliphatic rings. The van der Waals surface area contributed by atoms with Gasteiger partial charge >= 0.3 is 0 Å². The number of amides is 2. The standard InChI is InChI=1S/C19H18F3IN4O5/c1-9(18(24)29)32-25-8-10-6-12(19(30)27-31-5-4-28)17(16(22)15(10)21)26-14-3-2-11(23)7-13(14)20/h2-3,6-9,26,28H,4-5H2,1H3,(H2,24,29)(H,27,30)/b25-8-. The number of halogens is 4. The number of benzene rings is 2. The first kappa shape index (κ1) is 25.4. The number of nitrogens with one attached hydrogen (secondary N) is 2. The fourth-order valence-electron chi connectivity index (χ4n) is 2.21. The maximum absolute atomic E-state index is 14.9. The van der Waals surface area contributed by atoms with Crippen molar-refractivity contribution < 1.29 is 37.5 Å². The molecule has 9 nitrogen and oxygen atoms in total. The molecule has 2 amide bonds. The summed E-state index contributed by atoms with van der Waals surface area (Å²) in [5.74, 6) is -5.56. The molecule has 0 radical (unpaired) electrons. The molecule has 0 aliphatic carbocycles. The predicted octanol–water partition coefficient (Wildman–Crippen LogP) is 2.33. The highest BCUT2D eigenvalue weighted by Gasteiger charge is 2.23. The van der Waals surface area contributed by atoms with Gasteiger partial charge in [0, 0.05) is 9.13 Å². The van der Waals surface area contributed by atoms with Gasteiger partial charge in [-0.05, 0) is 53.8 Å². The van der Waals surface area contributed by atoms with E-state index < -0.39 is 58.8 Å². The predicted molar refractivity (Wildman–Crippen MR) is 117 cm³/mol. The first-order valence-electron chi connectivity index (χ1n) is 8.91. The summed E-state index contributed by atoms with van der Waals surface area (Å²) in [7, 11) is 0. The lowest BCUT2D eigenvalue weighted by atomic mass is 10.1. The molecule has 2 rings (SSSR count). The van der Waals surface area contributed by atoms with E-state index >= 15 is 0 Å². The van der Waals surface area contributed by atoms with Gasteiger partial charge in [0.25, 0.3) is 11.8 Å². The Morgan fingerprint density at radius 2 is 2.00 bits per heavy atom. The van der Waals surface area contributed by atoms with Gasteiger partial charge in [-0.1, -0.05) is 5.16 Å². The second kappa shape index (κ2) is 11.6. The van der Waals surface area contributed by atoms with E-state index in [1.54, 1.807) is 0 Å². The smallest absolute Gasteiger partial charge is 0.277 e. The minimum absolute atomic E-state index is 0.214. The number of anilines is 2. The van der Waals surface area contributed by atoms with Gasteiger partial charge in [-0.3, -0.25) is 14.4 Å². The molecule has 0 heterocycles. The highest BCUT2D eigenvalue weighted by molar-refractivity contribution is 14.1. The third-order valence-corrected chi connectivity index (χ3v) is 4.51. The van der Waals surface area contributed by atoms with Crippen molar-refractivity contribution in [2.75, 3.05) is 18.5 Å². The zero-order valence-electron chi connectivity index (χ0n) is 16.5. The number of primary amides is 1. The van der Waals surface area contributed by atoms with Crippen LogP contribution in [0.5, 0.6) is 0 Å². The minimum Gasteiger partial charge on any atom is -0.394 e. The van der Waals surface area contributed by atoms with Crippen molar-refractivity contribution in [3.8, 4) is 0 Å². The van der Waals surface area contributed by atoms with E-state index in [-0.39, 0.29) is 12.3 Å². The first-order chi connectivity index (χ1) is 15.1. The van der Waals surface area contributed by atoms with Gasteiger partial charge in [-0.2, -0.15) is 0 Å². The van der Waals surface area contributed by atoms with Crippen LogP contribution in [0.25, 0.3) is 0 Å². The summed E-state index contributed by atoms with van der Waals surface area (Å²) in [6, 6.07) is 4.86. The Morgan fingerprint density at radius 3 is 2.62 bits per heavy atom. The van der Waals surface area contributed by atoms with Crippen LogP contribution in [0.15, 0.2) is 29.4 Å².